The summed E-state index contributed by atoms with van der Waals surface area (Å²) in [6, 6.07) is 4.18. The van der Waals surface area contributed by atoms with Crippen molar-refractivity contribution < 1.29 is 9.21 Å². The molecule has 1 aromatic heterocycles. The van der Waals surface area contributed by atoms with Crippen LogP contribution >= 0.6 is 0 Å². The van der Waals surface area contributed by atoms with Crippen molar-refractivity contribution in [1.29, 1.82) is 0 Å². The first kappa shape index (κ1) is 18.3. The lowest BCUT2D eigenvalue weighted by atomic mass is 10.2. The molecule has 7 heteroatoms. The topological polar surface area (TPSA) is 81.9 Å². The Kier molecular flexibility index (Phi) is 7.61. The molecule has 1 atom stereocenters. The van der Waals surface area contributed by atoms with E-state index in [0.29, 0.717) is 18.5 Å². The summed E-state index contributed by atoms with van der Waals surface area (Å²) in [6.07, 6.45) is 4.06. The van der Waals surface area contributed by atoms with Crippen LogP contribution in [0, 0.1) is 0 Å². The Morgan fingerprint density at radius 3 is 2.96 bits per heavy atom. The van der Waals surface area contributed by atoms with Gasteiger partial charge < -0.3 is 20.4 Å². The van der Waals surface area contributed by atoms with Gasteiger partial charge in [-0.3, -0.25) is 9.69 Å². The zero-order valence-corrected chi connectivity index (χ0v) is 14.7. The van der Waals surface area contributed by atoms with E-state index in [-0.39, 0.29) is 12.5 Å². The molecular weight excluding hydrogens is 306 g/mol. The zero-order valence-electron chi connectivity index (χ0n) is 14.7. The molecule has 1 saturated heterocycles. The van der Waals surface area contributed by atoms with Gasteiger partial charge in [0.05, 0.1) is 12.8 Å². The normalized spacial score (nSPS) is 18.6. The number of amides is 1. The molecule has 0 aromatic carbocycles. The highest BCUT2D eigenvalue weighted by Gasteiger charge is 2.22. The molecule has 3 N–H and O–H groups in total. The summed E-state index contributed by atoms with van der Waals surface area (Å²) in [7, 11) is 0. The molecule has 7 nitrogen and oxygen atoms in total. The largest absolute Gasteiger partial charge is 0.467 e. The predicted octanol–water partition coefficient (Wildman–Crippen LogP) is 0.935. The number of likely N-dealkylation sites (N-methyl/N-ethyl adjacent to an activating group) is 1. The van der Waals surface area contributed by atoms with Gasteiger partial charge in [0.1, 0.15) is 12.3 Å². The Morgan fingerprint density at radius 1 is 1.38 bits per heavy atom. The van der Waals surface area contributed by atoms with Crippen LogP contribution in [0.4, 0.5) is 0 Å². The number of nitrogens with zero attached hydrogens (tertiary/aromatic N) is 2. The molecule has 1 amide bonds. The van der Waals surface area contributed by atoms with Gasteiger partial charge in [0.15, 0.2) is 5.96 Å². The van der Waals surface area contributed by atoms with E-state index in [9.17, 15) is 4.79 Å². The van der Waals surface area contributed by atoms with Crippen LogP contribution in [0.15, 0.2) is 27.8 Å². The van der Waals surface area contributed by atoms with E-state index in [1.807, 2.05) is 13.0 Å². The van der Waals surface area contributed by atoms with Crippen molar-refractivity contribution in [2.75, 3.05) is 32.7 Å². The Hall–Kier alpha value is -2.02. The Bertz CT molecular complexity index is 515. The van der Waals surface area contributed by atoms with Crippen molar-refractivity contribution >= 4 is 11.9 Å². The monoisotopic (exact) mass is 335 g/mol. The number of hydrogen-bond acceptors (Lipinski definition) is 4. The molecular formula is C17H29N5O2. The van der Waals surface area contributed by atoms with E-state index in [4.69, 9.17) is 4.42 Å². The van der Waals surface area contributed by atoms with Crippen LogP contribution in [0.3, 0.4) is 0 Å². The first-order valence-corrected chi connectivity index (χ1v) is 8.78. The van der Waals surface area contributed by atoms with Crippen molar-refractivity contribution in [3.05, 3.63) is 24.2 Å². The van der Waals surface area contributed by atoms with Gasteiger partial charge in [-0.15, -0.1) is 0 Å². The summed E-state index contributed by atoms with van der Waals surface area (Å²) in [4.78, 5) is 18.7. The van der Waals surface area contributed by atoms with Crippen LogP contribution < -0.4 is 16.0 Å². The van der Waals surface area contributed by atoms with Crippen molar-refractivity contribution in [2.45, 2.75) is 39.3 Å². The molecule has 1 unspecified atom stereocenters. The minimum absolute atomic E-state index is 0.0954. The number of nitrogens with one attached hydrogen (secondary N) is 3. The Balaban J connectivity index is 1.75. The van der Waals surface area contributed by atoms with Gasteiger partial charge in [-0.2, -0.15) is 0 Å². The van der Waals surface area contributed by atoms with Gasteiger partial charge in [0, 0.05) is 19.1 Å². The molecule has 134 valence electrons. The quantitative estimate of drug-likeness (QED) is 0.486. The number of guanidine groups is 1. The molecule has 2 heterocycles. The summed E-state index contributed by atoms with van der Waals surface area (Å²) >= 11 is 0. The van der Waals surface area contributed by atoms with Crippen LogP contribution in [-0.4, -0.2) is 55.5 Å². The Morgan fingerprint density at radius 2 is 2.25 bits per heavy atom. The lowest BCUT2D eigenvalue weighted by Crippen LogP contribution is -2.45. The molecule has 0 aliphatic carbocycles. The highest BCUT2D eigenvalue weighted by molar-refractivity contribution is 5.84. The molecule has 1 aliphatic rings. The first-order valence-electron chi connectivity index (χ1n) is 8.78. The summed E-state index contributed by atoms with van der Waals surface area (Å²) in [5.41, 5.74) is 0. The summed E-state index contributed by atoms with van der Waals surface area (Å²) in [5.74, 6) is 1.30. The molecule has 1 fully saturated rings. The van der Waals surface area contributed by atoms with E-state index >= 15 is 0 Å². The van der Waals surface area contributed by atoms with Crippen LogP contribution in [0.2, 0.25) is 0 Å². The van der Waals surface area contributed by atoms with Crippen molar-refractivity contribution in [3.63, 3.8) is 0 Å². The van der Waals surface area contributed by atoms with Crippen LogP contribution in [0.5, 0.6) is 0 Å². The smallest absolute Gasteiger partial charge is 0.242 e. The van der Waals surface area contributed by atoms with E-state index in [1.54, 1.807) is 12.3 Å². The van der Waals surface area contributed by atoms with Crippen LogP contribution in [-0.2, 0) is 11.3 Å². The second-order valence-corrected chi connectivity index (χ2v) is 5.86. The third-order valence-corrected chi connectivity index (χ3v) is 4.18. The van der Waals surface area contributed by atoms with Gasteiger partial charge in [-0.05, 0) is 45.0 Å². The van der Waals surface area contributed by atoms with E-state index < -0.39 is 0 Å². The number of rotatable bonds is 8. The highest BCUT2D eigenvalue weighted by Crippen LogP contribution is 2.15. The zero-order chi connectivity index (χ0) is 17.2. The molecule has 24 heavy (non-hydrogen) atoms. The van der Waals surface area contributed by atoms with Gasteiger partial charge >= 0.3 is 0 Å². The van der Waals surface area contributed by atoms with E-state index in [0.717, 1.165) is 25.4 Å². The molecule has 0 radical (unpaired) electrons. The molecule has 0 bridgehead atoms. The second kappa shape index (κ2) is 9.97. The fraction of sp³-hybridized carbons (Fsp3) is 0.647. The van der Waals surface area contributed by atoms with Crippen LogP contribution in [0.25, 0.3) is 0 Å². The van der Waals surface area contributed by atoms with Gasteiger partial charge in [0.25, 0.3) is 0 Å². The average Bonchev–Trinajstić information content (AvgIpc) is 3.26. The highest BCUT2D eigenvalue weighted by atomic mass is 16.3. The number of likely N-dealkylation sites (tertiary alicyclic amines) is 1. The lowest BCUT2D eigenvalue weighted by Gasteiger charge is -2.23. The van der Waals surface area contributed by atoms with Crippen LogP contribution in [0.1, 0.15) is 32.4 Å². The first-order chi connectivity index (χ1) is 11.7. The van der Waals surface area contributed by atoms with Gasteiger partial charge in [0.2, 0.25) is 5.91 Å². The number of carbonyl (C=O) groups is 1. The summed E-state index contributed by atoms with van der Waals surface area (Å²) in [6.45, 7) is 8.57. The Labute approximate surface area is 143 Å². The van der Waals surface area contributed by atoms with Crippen molar-refractivity contribution in [2.24, 2.45) is 4.99 Å². The minimum atomic E-state index is -0.125. The number of carbonyl (C=O) groups excluding carboxylic acids is 1. The third kappa shape index (κ3) is 5.88. The fourth-order valence-electron chi connectivity index (χ4n) is 2.90. The maximum absolute atomic E-state index is 11.9. The number of hydrogen-bond donors (Lipinski definition) is 3. The van der Waals surface area contributed by atoms with Crippen molar-refractivity contribution in [1.82, 2.24) is 20.9 Å². The lowest BCUT2D eigenvalue weighted by molar-refractivity contribution is -0.119. The molecule has 2 rings (SSSR count). The molecule has 1 aromatic rings. The molecule has 1 aliphatic heterocycles. The van der Waals surface area contributed by atoms with E-state index in [2.05, 4.69) is 32.8 Å². The maximum Gasteiger partial charge on any atom is 0.242 e. The minimum Gasteiger partial charge on any atom is -0.467 e. The third-order valence-electron chi connectivity index (χ3n) is 4.18. The standard InChI is InChI=1S/C17H29N5O2/c1-3-18-17(20-11-14-7-5-9-22(14)4-2)21-13-16(23)19-12-15-8-6-10-24-15/h6,8,10,14H,3-5,7,9,11-13H2,1-2H3,(H,19,23)(H2,18,20,21). The molecule has 0 spiro atoms. The maximum atomic E-state index is 11.9. The summed E-state index contributed by atoms with van der Waals surface area (Å²) < 4.78 is 5.18. The number of aliphatic imine (C=N–C) groups is 1. The average molecular weight is 335 g/mol. The van der Waals surface area contributed by atoms with Gasteiger partial charge in [-0.1, -0.05) is 6.92 Å². The molecule has 0 saturated carbocycles. The second-order valence-electron chi connectivity index (χ2n) is 5.86. The van der Waals surface area contributed by atoms with E-state index in [1.165, 1.54) is 19.4 Å². The predicted molar refractivity (Wildman–Crippen MR) is 94.8 cm³/mol. The van der Waals surface area contributed by atoms with Gasteiger partial charge in [-0.25, -0.2) is 4.99 Å². The van der Waals surface area contributed by atoms with Crippen molar-refractivity contribution in [3.8, 4) is 0 Å². The SMILES string of the molecule is CCNC(=NCC(=O)NCc1ccco1)NCC1CCCN1CC. The fourth-order valence-corrected chi connectivity index (χ4v) is 2.90. The summed E-state index contributed by atoms with van der Waals surface area (Å²) in [5, 5.41) is 9.33. The number of furan rings is 1.